The number of carbonyl (C=O) groups excluding carboxylic acids is 1. The quantitative estimate of drug-likeness (QED) is 0.747. The van der Waals surface area contributed by atoms with E-state index < -0.39 is 11.6 Å². The third-order valence-corrected chi connectivity index (χ3v) is 5.56. The van der Waals surface area contributed by atoms with E-state index in [0.717, 1.165) is 33.5 Å². The van der Waals surface area contributed by atoms with Crippen LogP contribution < -0.4 is 0 Å². The van der Waals surface area contributed by atoms with Crippen LogP contribution in [0, 0.1) is 13.8 Å². The number of hydrogen-bond acceptors (Lipinski definition) is 4. The van der Waals surface area contributed by atoms with Crippen molar-refractivity contribution in [2.45, 2.75) is 38.8 Å². The summed E-state index contributed by atoms with van der Waals surface area (Å²) in [4.78, 5) is 29.5. The molecule has 1 atom stereocenters. The molecule has 0 saturated carbocycles. The van der Waals surface area contributed by atoms with Crippen LogP contribution in [0.25, 0.3) is 16.6 Å². The molecule has 1 amide bonds. The molecular weight excluding hydrogens is 363 g/mol. The molecule has 1 aromatic carbocycles. The summed E-state index contributed by atoms with van der Waals surface area (Å²) in [6.45, 7) is 3.59. The third kappa shape index (κ3) is 2.89. The van der Waals surface area contributed by atoms with E-state index in [2.05, 4.69) is 10.1 Å². The van der Waals surface area contributed by atoms with Gasteiger partial charge in [-0.25, -0.2) is 18.7 Å². The van der Waals surface area contributed by atoms with Crippen LogP contribution in [0.3, 0.4) is 0 Å². The van der Waals surface area contributed by atoms with Gasteiger partial charge in [0.2, 0.25) is 11.6 Å². The predicted octanol–water partition coefficient (Wildman–Crippen LogP) is 2.46. The van der Waals surface area contributed by atoms with Crippen LogP contribution in [-0.4, -0.2) is 55.2 Å². The fourth-order valence-electron chi connectivity index (χ4n) is 3.89. The maximum Gasteiger partial charge on any atom is 0.343 e. The molecule has 3 heterocycles. The molecule has 2 aromatic heterocycles. The third-order valence-electron chi connectivity index (χ3n) is 5.56. The number of carboxylic acids is 1. The fourth-order valence-corrected chi connectivity index (χ4v) is 3.89. The number of aromatic nitrogens is 3. The molecule has 0 spiro atoms. The number of benzene rings is 1. The zero-order chi connectivity index (χ0) is 20.1. The van der Waals surface area contributed by atoms with Crippen LogP contribution in [0.15, 0.2) is 24.3 Å². The van der Waals surface area contributed by atoms with Gasteiger partial charge in [-0.15, -0.1) is 0 Å². The number of fused-ring (bicyclic) bond motifs is 3. The lowest BCUT2D eigenvalue weighted by Crippen LogP contribution is -2.39. The van der Waals surface area contributed by atoms with Crippen LogP contribution in [0.2, 0.25) is 0 Å². The lowest BCUT2D eigenvalue weighted by Gasteiger charge is -2.18. The standard InChI is InChI=1S/C20H21FN4O3/c1-12-14(7-8-17(26)24-10-9-20(21,11-24)19(27)28)13(2)25-18(22-12)15-5-3-4-6-16(15)23-25/h3-6H,7-11H2,1-2H3,(H,27,28). The smallest absolute Gasteiger partial charge is 0.343 e. The average Bonchev–Trinajstić information content (AvgIpc) is 3.24. The molecule has 7 nitrogen and oxygen atoms in total. The van der Waals surface area contributed by atoms with E-state index in [1.807, 2.05) is 38.1 Å². The number of alkyl halides is 1. The maximum absolute atomic E-state index is 14.2. The van der Waals surface area contributed by atoms with Crippen molar-refractivity contribution in [3.05, 3.63) is 41.2 Å². The summed E-state index contributed by atoms with van der Waals surface area (Å²) in [6.07, 6.45) is 0.448. The monoisotopic (exact) mass is 384 g/mol. The average molecular weight is 384 g/mol. The molecule has 4 rings (SSSR count). The largest absolute Gasteiger partial charge is 0.479 e. The van der Waals surface area contributed by atoms with E-state index in [1.54, 1.807) is 4.52 Å². The molecule has 8 heteroatoms. The Labute approximate surface area is 160 Å². The van der Waals surface area contributed by atoms with E-state index in [9.17, 15) is 14.0 Å². The topological polar surface area (TPSA) is 87.8 Å². The summed E-state index contributed by atoms with van der Waals surface area (Å²) < 4.78 is 16.0. The van der Waals surface area contributed by atoms with Crippen LogP contribution in [-0.2, 0) is 16.0 Å². The molecule has 0 bridgehead atoms. The molecule has 1 unspecified atom stereocenters. The van der Waals surface area contributed by atoms with E-state index >= 15 is 0 Å². The predicted molar refractivity (Wildman–Crippen MR) is 101 cm³/mol. The van der Waals surface area contributed by atoms with Gasteiger partial charge >= 0.3 is 5.97 Å². The number of likely N-dealkylation sites (tertiary alicyclic amines) is 1. The van der Waals surface area contributed by atoms with Crippen LogP contribution in [0.1, 0.15) is 29.8 Å². The molecule has 0 radical (unpaired) electrons. The van der Waals surface area contributed by atoms with Crippen molar-refractivity contribution in [2.24, 2.45) is 0 Å². The summed E-state index contributed by atoms with van der Waals surface area (Å²) in [5, 5.41) is 14.6. The molecule has 1 aliphatic rings. The van der Waals surface area contributed by atoms with Crippen molar-refractivity contribution in [1.82, 2.24) is 19.5 Å². The van der Waals surface area contributed by atoms with Crippen molar-refractivity contribution in [3.63, 3.8) is 0 Å². The Kier molecular flexibility index (Phi) is 4.28. The Morgan fingerprint density at radius 2 is 2.04 bits per heavy atom. The molecule has 1 saturated heterocycles. The number of aryl methyl sites for hydroxylation is 2. The Morgan fingerprint density at radius 1 is 1.29 bits per heavy atom. The highest BCUT2D eigenvalue weighted by Crippen LogP contribution is 2.27. The minimum absolute atomic E-state index is 0.126. The number of halogens is 1. The van der Waals surface area contributed by atoms with Crippen molar-refractivity contribution >= 4 is 28.4 Å². The molecule has 3 aromatic rings. The second-order valence-corrected chi connectivity index (χ2v) is 7.35. The number of aliphatic carboxylic acids is 1. The summed E-state index contributed by atoms with van der Waals surface area (Å²) in [7, 11) is 0. The van der Waals surface area contributed by atoms with E-state index in [1.165, 1.54) is 4.90 Å². The Bertz CT molecular complexity index is 1110. The van der Waals surface area contributed by atoms with Gasteiger partial charge in [-0.05, 0) is 38.0 Å². The number of nitrogens with zero attached hydrogens (tertiary/aromatic N) is 4. The van der Waals surface area contributed by atoms with E-state index in [-0.39, 0.29) is 31.8 Å². The highest BCUT2D eigenvalue weighted by molar-refractivity contribution is 5.92. The summed E-state index contributed by atoms with van der Waals surface area (Å²) in [6, 6.07) is 7.78. The van der Waals surface area contributed by atoms with Gasteiger partial charge in [-0.3, -0.25) is 4.79 Å². The van der Waals surface area contributed by atoms with Gasteiger partial charge in [0.25, 0.3) is 0 Å². The van der Waals surface area contributed by atoms with Gasteiger partial charge in [0.15, 0.2) is 5.65 Å². The van der Waals surface area contributed by atoms with Gasteiger partial charge in [0.05, 0.1) is 12.1 Å². The van der Waals surface area contributed by atoms with Gasteiger partial charge in [-0.1, -0.05) is 12.1 Å². The first kappa shape index (κ1) is 18.3. The summed E-state index contributed by atoms with van der Waals surface area (Å²) in [5.41, 5.74) is 1.97. The zero-order valence-electron chi connectivity index (χ0n) is 15.8. The summed E-state index contributed by atoms with van der Waals surface area (Å²) in [5.74, 6) is -1.75. The molecule has 0 aliphatic carbocycles. The number of rotatable bonds is 4. The number of hydrogen-bond donors (Lipinski definition) is 1. The molecule has 1 fully saturated rings. The van der Waals surface area contributed by atoms with Crippen LogP contribution in [0.4, 0.5) is 4.39 Å². The van der Waals surface area contributed by atoms with Crippen molar-refractivity contribution in [2.75, 3.05) is 13.1 Å². The Morgan fingerprint density at radius 3 is 2.75 bits per heavy atom. The number of carboxylic acid groups (broad SMARTS) is 1. The SMILES string of the molecule is Cc1nc2c3ccccc3nn2c(C)c1CCC(=O)N1CCC(F)(C(=O)O)C1. The molecule has 28 heavy (non-hydrogen) atoms. The van der Waals surface area contributed by atoms with Gasteiger partial charge in [0.1, 0.15) is 0 Å². The van der Waals surface area contributed by atoms with Crippen molar-refractivity contribution in [3.8, 4) is 0 Å². The highest BCUT2D eigenvalue weighted by Gasteiger charge is 2.46. The highest BCUT2D eigenvalue weighted by atomic mass is 19.1. The van der Waals surface area contributed by atoms with E-state index in [0.29, 0.717) is 6.42 Å². The Balaban J connectivity index is 1.56. The summed E-state index contributed by atoms with van der Waals surface area (Å²) >= 11 is 0. The first-order chi connectivity index (χ1) is 13.3. The molecular formula is C20H21FN4O3. The normalized spacial score (nSPS) is 19.6. The minimum Gasteiger partial charge on any atom is -0.479 e. The first-order valence-corrected chi connectivity index (χ1v) is 9.24. The fraction of sp³-hybridized carbons (Fsp3) is 0.400. The molecule has 1 aliphatic heterocycles. The second kappa shape index (κ2) is 6.54. The number of carbonyl (C=O) groups is 2. The van der Waals surface area contributed by atoms with E-state index in [4.69, 9.17) is 5.11 Å². The van der Waals surface area contributed by atoms with Crippen molar-refractivity contribution in [1.29, 1.82) is 0 Å². The van der Waals surface area contributed by atoms with Crippen LogP contribution >= 0.6 is 0 Å². The van der Waals surface area contributed by atoms with Gasteiger partial charge in [-0.2, -0.15) is 5.10 Å². The number of amides is 1. The maximum atomic E-state index is 14.2. The van der Waals surface area contributed by atoms with Crippen molar-refractivity contribution < 1.29 is 19.1 Å². The second-order valence-electron chi connectivity index (χ2n) is 7.35. The lowest BCUT2D eigenvalue weighted by molar-refractivity contribution is -0.150. The zero-order valence-corrected chi connectivity index (χ0v) is 15.8. The molecule has 1 N–H and O–H groups in total. The minimum atomic E-state index is -2.34. The Hall–Kier alpha value is -3.03. The van der Waals surface area contributed by atoms with Gasteiger partial charge < -0.3 is 10.0 Å². The van der Waals surface area contributed by atoms with Gasteiger partial charge in [0, 0.05) is 36.2 Å². The molecule has 146 valence electrons. The van der Waals surface area contributed by atoms with Crippen LogP contribution in [0.5, 0.6) is 0 Å². The lowest BCUT2D eigenvalue weighted by atomic mass is 10.1. The first-order valence-electron chi connectivity index (χ1n) is 9.24.